The fourth-order valence-corrected chi connectivity index (χ4v) is 10.9. The molecule has 0 amide bonds. The maximum absolute atomic E-state index is 13.7. The van der Waals surface area contributed by atoms with Crippen molar-refractivity contribution in [3.8, 4) is 0 Å². The summed E-state index contributed by atoms with van der Waals surface area (Å²) in [6.07, 6.45) is 0. The second-order valence-corrected chi connectivity index (χ2v) is 14.2. The summed E-state index contributed by atoms with van der Waals surface area (Å²) in [5, 5.41) is 1.62. The first-order chi connectivity index (χ1) is 14.6. The second kappa shape index (κ2) is 8.36. The summed E-state index contributed by atoms with van der Waals surface area (Å²) in [6, 6.07) is 38.6. The number of carbonyl (C=O) groups is 1. The van der Waals surface area contributed by atoms with Gasteiger partial charge in [-0.1, -0.05) is 0 Å². The second-order valence-electron chi connectivity index (χ2n) is 7.15. The van der Waals surface area contributed by atoms with Crippen LogP contribution in [-0.4, -0.2) is 10.9 Å². The van der Waals surface area contributed by atoms with Gasteiger partial charge in [0.1, 0.15) is 0 Å². The number of Topliss-reactive ketones (excluding diaryl/α,β-unsaturated/α-hetero) is 1. The molecule has 0 N–H and O–H groups in total. The number of alkyl halides is 1. The normalized spacial score (nSPS) is 13.7. The van der Waals surface area contributed by atoms with Crippen LogP contribution in [0.25, 0.3) is 0 Å². The van der Waals surface area contributed by atoms with Crippen molar-refractivity contribution in [2.45, 2.75) is 5.12 Å². The van der Waals surface area contributed by atoms with Crippen LogP contribution >= 0.6 is 28.8 Å². The van der Waals surface area contributed by atoms with Gasteiger partial charge >= 0.3 is 187 Å². The molecule has 0 aliphatic heterocycles. The molecule has 1 atom stereocenters. The zero-order chi connectivity index (χ0) is 21.1. The Labute approximate surface area is 187 Å². The third-order valence-corrected chi connectivity index (χ3v) is 14.5. The Morgan fingerprint density at radius 2 is 0.867 bits per heavy atom. The van der Waals surface area contributed by atoms with Gasteiger partial charge in [-0.15, -0.1) is 0 Å². The first-order valence-corrected chi connectivity index (χ1v) is 13.3. The van der Waals surface area contributed by atoms with Crippen LogP contribution in [0.5, 0.6) is 0 Å². The summed E-state index contributed by atoms with van der Waals surface area (Å²) in [5.41, 5.74) is 0.551. The molecular weight excluding hydrogens is 430 g/mol. The number of carbonyl (C=O) groups excluding carboxylic acids is 1. The van der Waals surface area contributed by atoms with Gasteiger partial charge in [-0.25, -0.2) is 0 Å². The number of hydrogen-bond donors (Lipinski definition) is 0. The van der Waals surface area contributed by atoms with Crippen LogP contribution < -0.4 is 15.9 Å². The molecule has 0 spiro atoms. The molecule has 4 heteroatoms. The summed E-state index contributed by atoms with van der Waals surface area (Å²) in [6.45, 7) is 0. The number of rotatable bonds is 6. The molecule has 0 aliphatic rings. The minimum atomic E-state index is -3.91. The fourth-order valence-electron chi connectivity index (χ4n) is 3.96. The Morgan fingerprint density at radius 1 is 0.567 bits per heavy atom. The summed E-state index contributed by atoms with van der Waals surface area (Å²) in [4.78, 5) is 13.7. The number of hydrogen-bond acceptors (Lipinski definition) is 1. The summed E-state index contributed by atoms with van der Waals surface area (Å²) < 4.78 is 0. The fraction of sp³-hybridized carbons (Fsp3) is 0.0385. The van der Waals surface area contributed by atoms with Crippen molar-refractivity contribution in [1.82, 2.24) is 0 Å². The summed E-state index contributed by atoms with van der Waals surface area (Å²) in [5.74, 6) is -4.09. The van der Waals surface area contributed by atoms with Crippen LogP contribution in [0.15, 0.2) is 121 Å². The van der Waals surface area contributed by atoms with E-state index in [1.165, 1.54) is 0 Å². The van der Waals surface area contributed by atoms with Crippen molar-refractivity contribution in [2.24, 2.45) is 0 Å². The molecule has 4 aromatic carbocycles. The first-order valence-electron chi connectivity index (χ1n) is 9.70. The number of halogens is 2. The molecule has 0 radical (unpaired) electrons. The van der Waals surface area contributed by atoms with E-state index in [9.17, 15) is 4.79 Å². The van der Waals surface area contributed by atoms with E-state index >= 15 is 0 Å². The average Bonchev–Trinajstić information content (AvgIpc) is 2.85. The van der Waals surface area contributed by atoms with Gasteiger partial charge < -0.3 is 0 Å². The zero-order valence-corrected chi connectivity index (χ0v) is 18.6. The van der Waals surface area contributed by atoms with Gasteiger partial charge in [0, 0.05) is 0 Å². The molecule has 0 saturated heterocycles. The van der Waals surface area contributed by atoms with Gasteiger partial charge in [-0.2, -0.15) is 0 Å². The van der Waals surface area contributed by atoms with Crippen LogP contribution in [0, 0.1) is 0 Å². The SMILES string of the molecule is O=C(c1ccccc1)C(Cl)P(Cl)(c1ccccc1)(c1ccccc1)c1ccccc1. The molecule has 1 nitrogen and oxygen atoms in total. The Hall–Kier alpha value is -2.44. The molecule has 0 aliphatic carbocycles. The maximum atomic E-state index is 13.7. The molecule has 30 heavy (non-hydrogen) atoms. The quantitative estimate of drug-likeness (QED) is 0.196. The number of ketones is 1. The third kappa shape index (κ3) is 3.19. The first kappa shape index (κ1) is 20.8. The van der Waals surface area contributed by atoms with Gasteiger partial charge in [-0.05, 0) is 0 Å². The molecular formula is C26H21Cl2OP. The van der Waals surface area contributed by atoms with E-state index in [0.29, 0.717) is 5.56 Å². The summed E-state index contributed by atoms with van der Waals surface area (Å²) in [7, 11) is 0. The van der Waals surface area contributed by atoms with Crippen molar-refractivity contribution in [3.63, 3.8) is 0 Å². The predicted molar refractivity (Wildman–Crippen MR) is 131 cm³/mol. The minimum absolute atomic E-state index is 0.179. The van der Waals surface area contributed by atoms with Crippen LogP contribution in [0.1, 0.15) is 10.4 Å². The molecule has 150 valence electrons. The van der Waals surface area contributed by atoms with E-state index < -0.39 is 11.1 Å². The molecule has 4 rings (SSSR count). The van der Waals surface area contributed by atoms with Crippen molar-refractivity contribution >= 4 is 50.5 Å². The predicted octanol–water partition coefficient (Wildman–Crippen LogP) is 6.12. The van der Waals surface area contributed by atoms with E-state index in [1.807, 2.05) is 109 Å². The monoisotopic (exact) mass is 450 g/mol. The third-order valence-electron chi connectivity index (χ3n) is 5.48. The molecule has 0 heterocycles. The van der Waals surface area contributed by atoms with Gasteiger partial charge in [0.15, 0.2) is 0 Å². The number of benzene rings is 4. The standard InChI is InChI=1S/C26H21Cl2OP/c27-26(25(29)21-13-5-1-6-14-21)30(28,22-15-7-2-8-16-22,23-17-9-3-10-18-23)24-19-11-4-12-20-24/h1-20,26H. The topological polar surface area (TPSA) is 17.1 Å². The van der Waals surface area contributed by atoms with E-state index in [4.69, 9.17) is 22.8 Å². The summed E-state index contributed by atoms with van der Waals surface area (Å²) >= 11 is 15.2. The van der Waals surface area contributed by atoms with Crippen LogP contribution in [0.4, 0.5) is 0 Å². The van der Waals surface area contributed by atoms with Crippen LogP contribution in [0.3, 0.4) is 0 Å². The van der Waals surface area contributed by atoms with Gasteiger partial charge in [-0.3, -0.25) is 0 Å². The molecule has 4 aromatic rings. The van der Waals surface area contributed by atoms with E-state index in [2.05, 4.69) is 0 Å². The molecule has 0 fully saturated rings. The molecule has 0 aromatic heterocycles. The van der Waals surface area contributed by atoms with Gasteiger partial charge in [0.05, 0.1) is 0 Å². The Kier molecular flexibility index (Phi) is 5.80. The van der Waals surface area contributed by atoms with Gasteiger partial charge in [0.25, 0.3) is 0 Å². The van der Waals surface area contributed by atoms with E-state index in [1.54, 1.807) is 12.1 Å². The van der Waals surface area contributed by atoms with E-state index in [0.717, 1.165) is 15.9 Å². The van der Waals surface area contributed by atoms with Crippen LogP contribution in [0.2, 0.25) is 0 Å². The van der Waals surface area contributed by atoms with Crippen molar-refractivity contribution in [3.05, 3.63) is 127 Å². The molecule has 1 unspecified atom stereocenters. The molecule has 0 saturated carbocycles. The Balaban J connectivity index is 2.10. The van der Waals surface area contributed by atoms with Crippen molar-refractivity contribution in [2.75, 3.05) is 0 Å². The molecule has 0 bridgehead atoms. The van der Waals surface area contributed by atoms with E-state index in [-0.39, 0.29) is 5.78 Å². The zero-order valence-electron chi connectivity index (χ0n) is 16.2. The van der Waals surface area contributed by atoms with Crippen molar-refractivity contribution < 1.29 is 4.79 Å². The Bertz CT molecular complexity index is 1030. The Morgan fingerprint density at radius 3 is 1.20 bits per heavy atom. The van der Waals surface area contributed by atoms with Crippen LogP contribution in [-0.2, 0) is 0 Å². The van der Waals surface area contributed by atoms with Gasteiger partial charge in [0.2, 0.25) is 0 Å². The van der Waals surface area contributed by atoms with Crippen molar-refractivity contribution in [1.29, 1.82) is 0 Å². The average molecular weight is 451 g/mol.